The number of rotatable bonds is 6. The monoisotopic (exact) mass is 261 g/mol. The molecule has 3 heteroatoms. The van der Waals surface area contributed by atoms with Gasteiger partial charge in [0.2, 0.25) is 0 Å². The maximum Gasteiger partial charge on any atom is 0.0640 e. The molecule has 0 radical (unpaired) electrons. The summed E-state index contributed by atoms with van der Waals surface area (Å²) >= 11 is 0. The van der Waals surface area contributed by atoms with E-state index < -0.39 is 0 Å². The lowest BCUT2D eigenvalue weighted by atomic mass is 10.00. The van der Waals surface area contributed by atoms with Crippen LogP contribution in [-0.2, 0) is 6.42 Å². The number of nitrogens with one attached hydrogen (secondary N) is 1. The van der Waals surface area contributed by atoms with E-state index in [0.717, 1.165) is 30.7 Å². The van der Waals surface area contributed by atoms with E-state index >= 15 is 0 Å². The molecule has 1 aromatic heterocycles. The zero-order valence-corrected chi connectivity index (χ0v) is 12.5. The molecule has 3 atom stereocenters. The van der Waals surface area contributed by atoms with E-state index in [0.29, 0.717) is 12.1 Å². The van der Waals surface area contributed by atoms with Crippen LogP contribution in [-0.4, -0.2) is 22.4 Å². The van der Waals surface area contributed by atoms with Gasteiger partial charge in [0.05, 0.1) is 5.69 Å². The van der Waals surface area contributed by atoms with Crippen LogP contribution in [0.5, 0.6) is 0 Å². The number of fused-ring (bicyclic) bond motifs is 1. The number of hydrogen-bond donors (Lipinski definition) is 1. The summed E-state index contributed by atoms with van der Waals surface area (Å²) in [6.07, 6.45) is 7.63. The van der Waals surface area contributed by atoms with E-state index in [1.807, 2.05) is 0 Å². The van der Waals surface area contributed by atoms with Gasteiger partial charge < -0.3 is 5.32 Å². The number of hydrogen-bond acceptors (Lipinski definition) is 2. The van der Waals surface area contributed by atoms with Crippen molar-refractivity contribution in [2.24, 2.45) is 17.8 Å². The van der Waals surface area contributed by atoms with Gasteiger partial charge in [-0.3, -0.25) is 4.68 Å². The SMILES string of the molecule is CCNC(Cc1ccn(C(C)C)n1)C1C2CCCC21. The van der Waals surface area contributed by atoms with Crippen molar-refractivity contribution in [3.63, 3.8) is 0 Å². The molecule has 3 unspecified atom stereocenters. The molecule has 2 aliphatic rings. The Hall–Kier alpha value is -0.830. The highest BCUT2D eigenvalue weighted by Crippen LogP contribution is 2.59. The molecule has 3 nitrogen and oxygen atoms in total. The highest BCUT2D eigenvalue weighted by atomic mass is 15.3. The largest absolute Gasteiger partial charge is 0.314 e. The molecule has 0 spiro atoms. The molecule has 0 amide bonds. The van der Waals surface area contributed by atoms with E-state index in [9.17, 15) is 0 Å². The summed E-state index contributed by atoms with van der Waals surface area (Å²) in [6.45, 7) is 7.66. The topological polar surface area (TPSA) is 29.9 Å². The third kappa shape index (κ3) is 2.58. The Balaban J connectivity index is 1.64. The molecule has 3 rings (SSSR count). The van der Waals surface area contributed by atoms with Gasteiger partial charge in [-0.1, -0.05) is 13.3 Å². The van der Waals surface area contributed by atoms with Crippen LogP contribution in [0.25, 0.3) is 0 Å². The van der Waals surface area contributed by atoms with Crippen LogP contribution >= 0.6 is 0 Å². The van der Waals surface area contributed by atoms with E-state index in [1.54, 1.807) is 0 Å². The molecule has 0 aliphatic heterocycles. The van der Waals surface area contributed by atoms with Crippen molar-refractivity contribution in [2.75, 3.05) is 6.54 Å². The lowest BCUT2D eigenvalue weighted by Crippen LogP contribution is -2.34. The average Bonchev–Trinajstić information content (AvgIpc) is 2.81. The zero-order valence-electron chi connectivity index (χ0n) is 12.5. The van der Waals surface area contributed by atoms with Crippen molar-refractivity contribution in [1.82, 2.24) is 15.1 Å². The Kier molecular flexibility index (Phi) is 3.66. The van der Waals surface area contributed by atoms with Gasteiger partial charge in [0, 0.05) is 24.7 Å². The molecule has 0 aromatic carbocycles. The predicted molar refractivity (Wildman–Crippen MR) is 78.1 cm³/mol. The lowest BCUT2D eigenvalue weighted by molar-refractivity contribution is 0.405. The van der Waals surface area contributed by atoms with Gasteiger partial charge in [-0.25, -0.2) is 0 Å². The molecule has 19 heavy (non-hydrogen) atoms. The second kappa shape index (κ2) is 5.28. The minimum atomic E-state index is 0.464. The highest BCUT2D eigenvalue weighted by molar-refractivity contribution is 5.11. The first kappa shape index (κ1) is 13.2. The molecule has 0 bridgehead atoms. The molecule has 2 aliphatic carbocycles. The first-order valence-electron chi connectivity index (χ1n) is 7.98. The number of nitrogens with zero attached hydrogens (tertiary/aromatic N) is 2. The van der Waals surface area contributed by atoms with Crippen molar-refractivity contribution < 1.29 is 0 Å². The maximum absolute atomic E-state index is 4.71. The van der Waals surface area contributed by atoms with Gasteiger partial charge in [-0.15, -0.1) is 0 Å². The van der Waals surface area contributed by atoms with E-state index in [2.05, 4.69) is 43.0 Å². The quantitative estimate of drug-likeness (QED) is 0.853. The van der Waals surface area contributed by atoms with Crippen LogP contribution in [0.4, 0.5) is 0 Å². The Labute approximate surface area is 116 Å². The van der Waals surface area contributed by atoms with Crippen LogP contribution in [0.3, 0.4) is 0 Å². The van der Waals surface area contributed by atoms with Crippen LogP contribution in [0.2, 0.25) is 0 Å². The summed E-state index contributed by atoms with van der Waals surface area (Å²) < 4.78 is 2.08. The molecule has 1 aromatic rings. The summed E-state index contributed by atoms with van der Waals surface area (Å²) in [6, 6.07) is 3.31. The summed E-state index contributed by atoms with van der Waals surface area (Å²) in [4.78, 5) is 0. The van der Waals surface area contributed by atoms with Gasteiger partial charge in [0.15, 0.2) is 0 Å². The molecule has 0 saturated heterocycles. The molecule has 2 fully saturated rings. The molecule has 1 heterocycles. The van der Waals surface area contributed by atoms with Gasteiger partial charge >= 0.3 is 0 Å². The van der Waals surface area contributed by atoms with Crippen LogP contribution in [0.1, 0.15) is 51.8 Å². The van der Waals surface area contributed by atoms with Gasteiger partial charge in [0.25, 0.3) is 0 Å². The minimum absolute atomic E-state index is 0.464. The highest BCUT2D eigenvalue weighted by Gasteiger charge is 2.55. The molecule has 106 valence electrons. The average molecular weight is 261 g/mol. The van der Waals surface area contributed by atoms with Gasteiger partial charge in [-0.05, 0) is 57.1 Å². The molecule has 1 N–H and O–H groups in total. The predicted octanol–water partition coefficient (Wildman–Crippen LogP) is 3.03. The standard InChI is InChI=1S/C16H27N3/c1-4-17-15(16-13-6-5-7-14(13)16)10-12-8-9-19(18-12)11(2)3/h8-9,11,13-17H,4-7,10H2,1-3H3. The second-order valence-electron chi connectivity index (χ2n) is 6.59. The zero-order chi connectivity index (χ0) is 13.4. The Morgan fingerprint density at radius 3 is 2.68 bits per heavy atom. The summed E-state index contributed by atoms with van der Waals surface area (Å²) in [7, 11) is 0. The van der Waals surface area contributed by atoms with Crippen molar-refractivity contribution in [3.8, 4) is 0 Å². The van der Waals surface area contributed by atoms with Crippen LogP contribution in [0, 0.1) is 17.8 Å². The minimum Gasteiger partial charge on any atom is -0.314 e. The lowest BCUT2D eigenvalue weighted by Gasteiger charge is -2.19. The Morgan fingerprint density at radius 1 is 1.37 bits per heavy atom. The summed E-state index contributed by atoms with van der Waals surface area (Å²) in [5.74, 6) is 2.98. The fraction of sp³-hybridized carbons (Fsp3) is 0.812. The van der Waals surface area contributed by atoms with Crippen molar-refractivity contribution in [3.05, 3.63) is 18.0 Å². The van der Waals surface area contributed by atoms with E-state index in [-0.39, 0.29) is 0 Å². The van der Waals surface area contributed by atoms with Crippen molar-refractivity contribution in [1.29, 1.82) is 0 Å². The van der Waals surface area contributed by atoms with Crippen molar-refractivity contribution in [2.45, 2.75) is 58.5 Å². The molecular weight excluding hydrogens is 234 g/mol. The summed E-state index contributed by atoms with van der Waals surface area (Å²) in [5.41, 5.74) is 1.25. The van der Waals surface area contributed by atoms with Crippen LogP contribution < -0.4 is 5.32 Å². The van der Waals surface area contributed by atoms with Crippen LogP contribution in [0.15, 0.2) is 12.3 Å². The number of aromatic nitrogens is 2. The van der Waals surface area contributed by atoms with E-state index in [4.69, 9.17) is 5.10 Å². The fourth-order valence-corrected chi connectivity index (χ4v) is 4.08. The molecule has 2 saturated carbocycles. The summed E-state index contributed by atoms with van der Waals surface area (Å²) in [5, 5.41) is 8.42. The first-order chi connectivity index (χ1) is 9.20. The van der Waals surface area contributed by atoms with E-state index in [1.165, 1.54) is 25.0 Å². The fourth-order valence-electron chi connectivity index (χ4n) is 4.08. The van der Waals surface area contributed by atoms with Gasteiger partial charge in [0.1, 0.15) is 0 Å². The van der Waals surface area contributed by atoms with Gasteiger partial charge in [-0.2, -0.15) is 5.10 Å². The maximum atomic E-state index is 4.71. The normalized spacial score (nSPS) is 30.6. The smallest absolute Gasteiger partial charge is 0.0640 e. The molecular formula is C16H27N3. The Bertz CT molecular complexity index is 413. The first-order valence-corrected chi connectivity index (χ1v) is 7.98. The Morgan fingerprint density at radius 2 is 2.11 bits per heavy atom. The third-order valence-corrected chi connectivity index (χ3v) is 5.03. The second-order valence-corrected chi connectivity index (χ2v) is 6.59. The third-order valence-electron chi connectivity index (χ3n) is 5.03. The van der Waals surface area contributed by atoms with Crippen molar-refractivity contribution >= 4 is 0 Å². The number of likely N-dealkylation sites (N-methyl/N-ethyl adjacent to an activating group) is 1.